The van der Waals surface area contributed by atoms with Crippen molar-refractivity contribution in [3.8, 4) is 0 Å². The number of carboxylic acids is 2. The summed E-state index contributed by atoms with van der Waals surface area (Å²) < 4.78 is 0. The lowest BCUT2D eigenvalue weighted by Gasteiger charge is -1.92. The van der Waals surface area contributed by atoms with Crippen LogP contribution < -0.4 is 0 Å². The summed E-state index contributed by atoms with van der Waals surface area (Å²) in [4.78, 5) is 24.5. The molecule has 1 aromatic rings. The van der Waals surface area contributed by atoms with Crippen LogP contribution in [-0.2, 0) is 9.59 Å². The lowest BCUT2D eigenvalue weighted by molar-refractivity contribution is -0.139. The molecule has 0 aliphatic rings. The monoisotopic (exact) mass is 199 g/mol. The molecule has 0 aliphatic heterocycles. The number of aromatic nitrogens is 1. The van der Waals surface area contributed by atoms with E-state index in [-0.39, 0.29) is 0 Å². The number of nitrogens with zero attached hydrogens (tertiary/aromatic N) is 1. The Hall–Kier alpha value is -1.69. The van der Waals surface area contributed by atoms with Crippen molar-refractivity contribution in [2.45, 2.75) is 0 Å². The Morgan fingerprint density at radius 3 is 2.38 bits per heavy atom. The topological polar surface area (TPSA) is 87.5 Å². The first-order valence-corrected chi connectivity index (χ1v) is 4.07. The van der Waals surface area contributed by atoms with Crippen LogP contribution in [0.1, 0.15) is 5.01 Å². The third kappa shape index (κ3) is 2.38. The molecule has 1 rings (SSSR count). The summed E-state index contributed by atoms with van der Waals surface area (Å²) in [5.41, 5.74) is -0.685. The molecule has 1 heterocycles. The first-order chi connectivity index (χ1) is 6.11. The average Bonchev–Trinajstić information content (AvgIpc) is 2.50. The molecule has 0 amide bonds. The zero-order valence-electron chi connectivity index (χ0n) is 6.30. The Bertz CT molecular complexity index is 339. The van der Waals surface area contributed by atoms with Crippen molar-refractivity contribution in [3.05, 3.63) is 22.2 Å². The molecule has 0 atom stereocenters. The molecule has 2 N–H and O–H groups in total. The Kier molecular flexibility index (Phi) is 2.76. The second-order valence-electron chi connectivity index (χ2n) is 2.04. The van der Waals surface area contributed by atoms with Crippen LogP contribution in [0.5, 0.6) is 0 Å². The molecule has 0 radical (unpaired) electrons. The summed E-state index contributed by atoms with van der Waals surface area (Å²) >= 11 is 1.17. The molecule has 6 heteroatoms. The molecule has 13 heavy (non-hydrogen) atoms. The standard InChI is InChI=1S/C7H5NO4S/c9-6(10)4(7(11)12)3-5-8-1-2-13-5/h1-3H,(H,9,10)(H,11,12). The SMILES string of the molecule is O=C(O)C(=Cc1nccs1)C(=O)O. The molecule has 0 aromatic carbocycles. The summed E-state index contributed by atoms with van der Waals surface area (Å²) in [6, 6.07) is 0. The van der Waals surface area contributed by atoms with Gasteiger partial charge in [-0.1, -0.05) is 0 Å². The molecule has 1 aromatic heterocycles. The summed E-state index contributed by atoms with van der Waals surface area (Å²) in [6.07, 6.45) is 2.49. The zero-order chi connectivity index (χ0) is 9.84. The van der Waals surface area contributed by atoms with Gasteiger partial charge in [-0.25, -0.2) is 14.6 Å². The highest BCUT2D eigenvalue weighted by molar-refractivity contribution is 7.10. The maximum atomic E-state index is 10.4. The molecule has 0 spiro atoms. The molecule has 0 fully saturated rings. The Morgan fingerprint density at radius 2 is 2.00 bits per heavy atom. The van der Waals surface area contributed by atoms with Gasteiger partial charge in [-0.15, -0.1) is 11.3 Å². The fourth-order valence-corrected chi connectivity index (χ4v) is 1.21. The van der Waals surface area contributed by atoms with Crippen molar-refractivity contribution in [2.75, 3.05) is 0 Å². The lowest BCUT2D eigenvalue weighted by Crippen LogP contribution is -2.10. The van der Waals surface area contributed by atoms with Gasteiger partial charge in [0.1, 0.15) is 10.6 Å². The van der Waals surface area contributed by atoms with E-state index in [1.165, 1.54) is 17.5 Å². The molecule has 5 nitrogen and oxygen atoms in total. The van der Waals surface area contributed by atoms with E-state index in [4.69, 9.17) is 10.2 Å². The second kappa shape index (κ2) is 3.81. The normalized spacial score (nSPS) is 9.23. The quantitative estimate of drug-likeness (QED) is 0.425. The van der Waals surface area contributed by atoms with Crippen molar-refractivity contribution in [3.63, 3.8) is 0 Å². The minimum Gasteiger partial charge on any atom is -0.477 e. The number of hydrogen-bond acceptors (Lipinski definition) is 4. The van der Waals surface area contributed by atoms with E-state index in [9.17, 15) is 9.59 Å². The van der Waals surface area contributed by atoms with Crippen LogP contribution in [-0.4, -0.2) is 27.1 Å². The first kappa shape index (κ1) is 9.40. The Morgan fingerprint density at radius 1 is 1.38 bits per heavy atom. The van der Waals surface area contributed by atoms with Gasteiger partial charge in [0.15, 0.2) is 0 Å². The fourth-order valence-electron chi connectivity index (χ4n) is 0.644. The van der Waals surface area contributed by atoms with Gasteiger partial charge >= 0.3 is 11.9 Å². The third-order valence-corrected chi connectivity index (χ3v) is 1.90. The van der Waals surface area contributed by atoms with E-state index in [0.29, 0.717) is 5.01 Å². The smallest absolute Gasteiger partial charge is 0.343 e. The Labute approximate surface area is 77.0 Å². The van der Waals surface area contributed by atoms with Gasteiger partial charge in [0, 0.05) is 11.6 Å². The number of rotatable bonds is 3. The van der Waals surface area contributed by atoms with Gasteiger partial charge < -0.3 is 10.2 Å². The average molecular weight is 199 g/mol. The minimum atomic E-state index is -1.47. The summed E-state index contributed by atoms with van der Waals surface area (Å²) in [7, 11) is 0. The molecular weight excluding hydrogens is 194 g/mol. The van der Waals surface area contributed by atoms with Gasteiger partial charge in [-0.05, 0) is 6.08 Å². The third-order valence-electron chi connectivity index (χ3n) is 1.18. The van der Waals surface area contributed by atoms with Crippen LogP contribution >= 0.6 is 11.3 Å². The van der Waals surface area contributed by atoms with Gasteiger partial charge in [-0.2, -0.15) is 0 Å². The lowest BCUT2D eigenvalue weighted by atomic mass is 10.2. The van der Waals surface area contributed by atoms with Gasteiger partial charge in [0.05, 0.1) is 0 Å². The van der Waals surface area contributed by atoms with Crippen molar-refractivity contribution in [2.24, 2.45) is 0 Å². The van der Waals surface area contributed by atoms with Crippen molar-refractivity contribution >= 4 is 29.4 Å². The van der Waals surface area contributed by atoms with E-state index >= 15 is 0 Å². The maximum Gasteiger partial charge on any atom is 0.343 e. The highest BCUT2D eigenvalue weighted by Gasteiger charge is 2.16. The van der Waals surface area contributed by atoms with E-state index < -0.39 is 17.5 Å². The van der Waals surface area contributed by atoms with Crippen molar-refractivity contribution in [1.29, 1.82) is 0 Å². The van der Waals surface area contributed by atoms with E-state index in [1.807, 2.05) is 0 Å². The highest BCUT2D eigenvalue weighted by atomic mass is 32.1. The molecule has 0 saturated carbocycles. The highest BCUT2D eigenvalue weighted by Crippen LogP contribution is 2.10. The van der Waals surface area contributed by atoms with Crippen LogP contribution in [0.2, 0.25) is 0 Å². The predicted molar refractivity (Wildman–Crippen MR) is 45.4 cm³/mol. The van der Waals surface area contributed by atoms with E-state index in [0.717, 1.165) is 6.08 Å². The van der Waals surface area contributed by atoms with Crippen LogP contribution in [0.3, 0.4) is 0 Å². The first-order valence-electron chi connectivity index (χ1n) is 3.19. The fraction of sp³-hybridized carbons (Fsp3) is 0. The number of thiazole rings is 1. The summed E-state index contributed by atoms with van der Waals surface area (Å²) in [5.74, 6) is -2.94. The van der Waals surface area contributed by atoms with E-state index in [1.54, 1.807) is 5.38 Å². The van der Waals surface area contributed by atoms with Gasteiger partial charge in [0.2, 0.25) is 0 Å². The summed E-state index contributed by atoms with van der Waals surface area (Å²) in [5, 5.41) is 18.9. The molecule has 0 bridgehead atoms. The number of carbonyl (C=O) groups is 2. The van der Waals surface area contributed by atoms with Crippen LogP contribution in [0.15, 0.2) is 17.2 Å². The van der Waals surface area contributed by atoms with E-state index in [2.05, 4.69) is 4.98 Å². The molecule has 0 aliphatic carbocycles. The Balaban J connectivity index is 3.01. The number of carboxylic acid groups (broad SMARTS) is 2. The van der Waals surface area contributed by atoms with Gasteiger partial charge in [0.25, 0.3) is 0 Å². The molecule has 68 valence electrons. The van der Waals surface area contributed by atoms with Crippen LogP contribution in [0.4, 0.5) is 0 Å². The number of hydrogen-bond donors (Lipinski definition) is 2. The maximum absolute atomic E-state index is 10.4. The van der Waals surface area contributed by atoms with Gasteiger partial charge in [-0.3, -0.25) is 0 Å². The molecule has 0 unspecified atom stereocenters. The predicted octanol–water partition coefficient (Wildman–Crippen LogP) is 0.696. The van der Waals surface area contributed by atoms with Crippen LogP contribution in [0, 0.1) is 0 Å². The second-order valence-corrected chi connectivity index (χ2v) is 2.96. The van der Waals surface area contributed by atoms with Crippen molar-refractivity contribution in [1.82, 2.24) is 4.98 Å². The minimum absolute atomic E-state index is 0.361. The molecule has 0 saturated heterocycles. The largest absolute Gasteiger partial charge is 0.477 e. The summed E-state index contributed by atoms with van der Waals surface area (Å²) in [6.45, 7) is 0. The zero-order valence-corrected chi connectivity index (χ0v) is 7.11. The van der Waals surface area contributed by atoms with Crippen molar-refractivity contribution < 1.29 is 19.8 Å². The molecular formula is C7H5NO4S. The number of aliphatic carboxylic acids is 2. The van der Waals surface area contributed by atoms with Crippen LogP contribution in [0.25, 0.3) is 6.08 Å².